The third kappa shape index (κ3) is 2.64. The monoisotopic (exact) mass is 274 g/mol. The molecule has 1 aliphatic heterocycles. The highest BCUT2D eigenvalue weighted by Crippen LogP contribution is 2.18. The zero-order valence-corrected chi connectivity index (χ0v) is 10.9. The van der Waals surface area contributed by atoms with E-state index in [1.807, 2.05) is 0 Å². The number of piperazine rings is 1. The van der Waals surface area contributed by atoms with Crippen LogP contribution in [0.1, 0.15) is 0 Å². The molecule has 1 saturated heterocycles. The second kappa shape index (κ2) is 5.32. The molecule has 0 bridgehead atoms. The van der Waals surface area contributed by atoms with Crippen LogP contribution in [0, 0.1) is 5.82 Å². The number of hydrogen-bond acceptors (Lipinski definition) is 4. The summed E-state index contributed by atoms with van der Waals surface area (Å²) in [5, 5.41) is 0. The molecule has 0 aliphatic carbocycles. The Kier molecular flexibility index (Phi) is 3.37. The molecule has 0 saturated carbocycles. The fraction of sp³-hybridized carbons (Fsp3) is 0.286. The lowest BCUT2D eigenvalue weighted by Gasteiger charge is -2.36. The van der Waals surface area contributed by atoms with Crippen molar-refractivity contribution in [3.63, 3.8) is 0 Å². The maximum atomic E-state index is 12.9. The van der Waals surface area contributed by atoms with Gasteiger partial charge in [-0.25, -0.2) is 9.37 Å². The van der Waals surface area contributed by atoms with Crippen LogP contribution in [0.2, 0.25) is 0 Å². The molecule has 1 aromatic heterocycles. The highest BCUT2D eigenvalue weighted by Gasteiger charge is 2.18. The third-order valence-electron chi connectivity index (χ3n) is 3.46. The van der Waals surface area contributed by atoms with Crippen LogP contribution < -0.4 is 15.4 Å². The van der Waals surface area contributed by atoms with Crippen LogP contribution in [0.15, 0.2) is 41.5 Å². The lowest BCUT2D eigenvalue weighted by molar-refractivity contribution is 0.624. The number of halogens is 1. The van der Waals surface area contributed by atoms with Crippen molar-refractivity contribution in [2.75, 3.05) is 36.0 Å². The van der Waals surface area contributed by atoms with Crippen LogP contribution in [-0.4, -0.2) is 36.1 Å². The molecule has 0 atom stereocenters. The molecule has 20 heavy (non-hydrogen) atoms. The molecule has 3 rings (SSSR count). The van der Waals surface area contributed by atoms with Gasteiger partial charge in [0.1, 0.15) is 11.6 Å². The average Bonchev–Trinajstić information content (AvgIpc) is 2.48. The summed E-state index contributed by atoms with van der Waals surface area (Å²) < 4.78 is 12.9. The second-order valence-corrected chi connectivity index (χ2v) is 4.72. The van der Waals surface area contributed by atoms with Gasteiger partial charge in [-0.1, -0.05) is 0 Å². The minimum Gasteiger partial charge on any atom is -0.368 e. The molecule has 1 fully saturated rings. The van der Waals surface area contributed by atoms with E-state index in [1.165, 1.54) is 24.5 Å². The van der Waals surface area contributed by atoms with Crippen molar-refractivity contribution < 1.29 is 4.39 Å². The smallest absolute Gasteiger partial charge is 0.252 e. The third-order valence-corrected chi connectivity index (χ3v) is 3.46. The number of nitrogens with one attached hydrogen (secondary N) is 1. The molecule has 2 aromatic rings. The summed E-state index contributed by atoms with van der Waals surface area (Å²) >= 11 is 0. The number of benzene rings is 1. The SMILES string of the molecule is O=c1cc(N2CCN(c3ccc(F)cc3)CC2)nc[nH]1. The van der Waals surface area contributed by atoms with Crippen molar-refractivity contribution in [2.45, 2.75) is 0 Å². The first-order chi connectivity index (χ1) is 9.72. The number of rotatable bonds is 2. The molecule has 1 aliphatic rings. The highest BCUT2D eigenvalue weighted by atomic mass is 19.1. The van der Waals surface area contributed by atoms with Gasteiger partial charge < -0.3 is 14.8 Å². The van der Waals surface area contributed by atoms with Crippen molar-refractivity contribution >= 4 is 11.5 Å². The maximum Gasteiger partial charge on any atom is 0.252 e. The van der Waals surface area contributed by atoms with E-state index in [0.717, 1.165) is 31.9 Å². The lowest BCUT2D eigenvalue weighted by atomic mass is 10.2. The van der Waals surface area contributed by atoms with E-state index in [1.54, 1.807) is 12.1 Å². The fourth-order valence-electron chi connectivity index (χ4n) is 2.38. The number of H-pyrrole nitrogens is 1. The van der Waals surface area contributed by atoms with E-state index in [9.17, 15) is 9.18 Å². The standard InChI is InChI=1S/C14H15FN4O/c15-11-1-3-12(4-2-11)18-5-7-19(8-6-18)13-9-14(20)17-10-16-13/h1-4,9-10H,5-8H2,(H,16,17,20). The first-order valence-corrected chi connectivity index (χ1v) is 6.52. The Balaban J connectivity index is 1.67. The van der Waals surface area contributed by atoms with E-state index in [0.29, 0.717) is 5.82 Å². The van der Waals surface area contributed by atoms with Crippen molar-refractivity contribution in [2.24, 2.45) is 0 Å². The molecule has 0 unspecified atom stereocenters. The van der Waals surface area contributed by atoms with Crippen LogP contribution in [0.4, 0.5) is 15.9 Å². The number of aromatic nitrogens is 2. The summed E-state index contributed by atoms with van der Waals surface area (Å²) in [6, 6.07) is 8.03. The largest absolute Gasteiger partial charge is 0.368 e. The predicted molar refractivity (Wildman–Crippen MR) is 75.7 cm³/mol. The average molecular weight is 274 g/mol. The van der Waals surface area contributed by atoms with Crippen LogP contribution in [0.3, 0.4) is 0 Å². The Hall–Kier alpha value is -2.37. The molecule has 1 aromatic carbocycles. The van der Waals surface area contributed by atoms with Gasteiger partial charge >= 0.3 is 0 Å². The maximum absolute atomic E-state index is 12.9. The minimum absolute atomic E-state index is 0.143. The molecule has 104 valence electrons. The topological polar surface area (TPSA) is 52.2 Å². The number of aromatic amines is 1. The van der Waals surface area contributed by atoms with Crippen molar-refractivity contribution in [1.82, 2.24) is 9.97 Å². The quantitative estimate of drug-likeness (QED) is 0.895. The van der Waals surface area contributed by atoms with Crippen LogP contribution in [0.5, 0.6) is 0 Å². The van der Waals surface area contributed by atoms with E-state index in [4.69, 9.17) is 0 Å². The summed E-state index contributed by atoms with van der Waals surface area (Å²) in [6.07, 6.45) is 1.42. The van der Waals surface area contributed by atoms with Crippen molar-refractivity contribution in [3.8, 4) is 0 Å². The summed E-state index contributed by atoms with van der Waals surface area (Å²) in [5.74, 6) is 0.479. The van der Waals surface area contributed by atoms with Gasteiger partial charge in [-0.15, -0.1) is 0 Å². The summed E-state index contributed by atoms with van der Waals surface area (Å²) in [7, 11) is 0. The summed E-state index contributed by atoms with van der Waals surface area (Å²) in [5.41, 5.74) is 0.876. The first kappa shape index (κ1) is 12.7. The fourth-order valence-corrected chi connectivity index (χ4v) is 2.38. The van der Waals surface area contributed by atoms with Gasteiger partial charge in [0.15, 0.2) is 0 Å². The predicted octanol–water partition coefficient (Wildman–Crippen LogP) is 1.24. The van der Waals surface area contributed by atoms with Gasteiger partial charge in [-0.2, -0.15) is 0 Å². The molecule has 0 amide bonds. The highest BCUT2D eigenvalue weighted by molar-refractivity contribution is 5.49. The van der Waals surface area contributed by atoms with Gasteiger partial charge in [0.2, 0.25) is 0 Å². The molecule has 1 N–H and O–H groups in total. The second-order valence-electron chi connectivity index (χ2n) is 4.72. The molecule has 0 spiro atoms. The number of nitrogens with zero attached hydrogens (tertiary/aromatic N) is 3. The molecular formula is C14H15FN4O. The van der Waals surface area contributed by atoms with Crippen LogP contribution >= 0.6 is 0 Å². The number of hydrogen-bond donors (Lipinski definition) is 1. The van der Waals surface area contributed by atoms with E-state index in [2.05, 4.69) is 19.8 Å². The summed E-state index contributed by atoms with van der Waals surface area (Å²) in [4.78, 5) is 22.2. The van der Waals surface area contributed by atoms with Crippen molar-refractivity contribution in [1.29, 1.82) is 0 Å². The molecule has 6 heteroatoms. The first-order valence-electron chi connectivity index (χ1n) is 6.52. The normalized spacial score (nSPS) is 15.4. The van der Waals surface area contributed by atoms with Gasteiger partial charge in [-0.3, -0.25) is 4.79 Å². The lowest BCUT2D eigenvalue weighted by Crippen LogP contribution is -2.47. The van der Waals surface area contributed by atoms with Crippen LogP contribution in [-0.2, 0) is 0 Å². The minimum atomic E-state index is -0.222. The Bertz CT molecular complexity index is 632. The van der Waals surface area contributed by atoms with E-state index in [-0.39, 0.29) is 11.4 Å². The number of anilines is 2. The zero-order valence-electron chi connectivity index (χ0n) is 10.9. The van der Waals surface area contributed by atoms with Gasteiger partial charge in [-0.05, 0) is 24.3 Å². The Morgan fingerprint density at radius 3 is 2.35 bits per heavy atom. The summed E-state index contributed by atoms with van der Waals surface area (Å²) in [6.45, 7) is 3.21. The zero-order chi connectivity index (χ0) is 13.9. The van der Waals surface area contributed by atoms with Gasteiger partial charge in [0.05, 0.1) is 6.33 Å². The van der Waals surface area contributed by atoms with Crippen LogP contribution in [0.25, 0.3) is 0 Å². The molecule has 0 radical (unpaired) electrons. The van der Waals surface area contributed by atoms with Crippen molar-refractivity contribution in [3.05, 3.63) is 52.8 Å². The Labute approximate surface area is 115 Å². The van der Waals surface area contributed by atoms with E-state index < -0.39 is 0 Å². The molecular weight excluding hydrogens is 259 g/mol. The molecule has 5 nitrogen and oxygen atoms in total. The Morgan fingerprint density at radius 2 is 1.70 bits per heavy atom. The van der Waals surface area contributed by atoms with E-state index >= 15 is 0 Å². The Morgan fingerprint density at radius 1 is 1.05 bits per heavy atom. The van der Waals surface area contributed by atoms with Gasteiger partial charge in [0.25, 0.3) is 5.56 Å². The van der Waals surface area contributed by atoms with Gasteiger partial charge in [0, 0.05) is 37.9 Å². The molecule has 2 heterocycles.